The Labute approximate surface area is 338 Å². The molecule has 0 aliphatic carbocycles. The Kier molecular flexibility index (Phi) is 47.0. The minimum absolute atomic E-state index is 0.172. The van der Waals surface area contributed by atoms with E-state index in [4.69, 9.17) is 9.47 Å². The molecule has 0 spiro atoms. The summed E-state index contributed by atoms with van der Waals surface area (Å²) in [6.07, 6.45) is 59.8. The van der Waals surface area contributed by atoms with Crippen molar-refractivity contribution >= 4 is 5.97 Å². The number of hydrogen-bond donors (Lipinski definition) is 1. The summed E-state index contributed by atoms with van der Waals surface area (Å²) >= 11 is 0. The monoisotopic (exact) mass is 761 g/mol. The number of esters is 1. The van der Waals surface area contributed by atoms with E-state index in [0.29, 0.717) is 19.6 Å². The van der Waals surface area contributed by atoms with Crippen molar-refractivity contribution in [2.75, 3.05) is 19.8 Å². The Morgan fingerprint density at radius 2 is 0.778 bits per heavy atom. The van der Waals surface area contributed by atoms with Gasteiger partial charge in [0.15, 0.2) is 0 Å². The van der Waals surface area contributed by atoms with Crippen LogP contribution in [0.1, 0.15) is 264 Å². The molecule has 0 bridgehead atoms. The SMILES string of the molecule is CCCCCC/C=C\C/C=C\CCCCCCCCOCC(CO)OC(=O)CCCCCCCCCCCCCCCCCCCCCCCCCCC. The molecule has 1 N–H and O–H groups in total. The minimum atomic E-state index is -0.536. The van der Waals surface area contributed by atoms with Gasteiger partial charge in [0, 0.05) is 13.0 Å². The van der Waals surface area contributed by atoms with Crippen LogP contribution in [0.15, 0.2) is 24.3 Å². The second kappa shape index (κ2) is 48.0. The predicted octanol–water partition coefficient (Wildman–Crippen LogP) is 16.3. The van der Waals surface area contributed by atoms with Crippen LogP contribution in [-0.2, 0) is 14.3 Å². The molecule has 0 fully saturated rings. The molecule has 1 atom stereocenters. The van der Waals surface area contributed by atoms with E-state index in [-0.39, 0.29) is 12.6 Å². The predicted molar refractivity (Wildman–Crippen MR) is 237 cm³/mol. The molecule has 1 unspecified atom stereocenters. The normalized spacial score (nSPS) is 12.4. The van der Waals surface area contributed by atoms with Crippen LogP contribution in [0.4, 0.5) is 0 Å². The maximum Gasteiger partial charge on any atom is 0.306 e. The van der Waals surface area contributed by atoms with Crippen LogP contribution in [-0.4, -0.2) is 37.0 Å². The van der Waals surface area contributed by atoms with Gasteiger partial charge in [-0.3, -0.25) is 4.79 Å². The molecule has 0 amide bonds. The highest BCUT2D eigenvalue weighted by Crippen LogP contribution is 2.16. The molecule has 0 heterocycles. The van der Waals surface area contributed by atoms with E-state index in [1.54, 1.807) is 0 Å². The number of carbonyl (C=O) groups is 1. The Morgan fingerprint density at radius 3 is 1.17 bits per heavy atom. The van der Waals surface area contributed by atoms with E-state index < -0.39 is 6.10 Å². The van der Waals surface area contributed by atoms with Gasteiger partial charge in [0.25, 0.3) is 0 Å². The molecule has 0 aliphatic rings. The van der Waals surface area contributed by atoms with Gasteiger partial charge >= 0.3 is 5.97 Å². The molecule has 4 nitrogen and oxygen atoms in total. The Balaban J connectivity index is 3.37. The quantitative estimate of drug-likeness (QED) is 0.0381. The third-order valence-corrected chi connectivity index (χ3v) is 11.0. The molecule has 0 aliphatic heterocycles. The van der Waals surface area contributed by atoms with Crippen molar-refractivity contribution in [2.24, 2.45) is 0 Å². The largest absolute Gasteiger partial charge is 0.457 e. The van der Waals surface area contributed by atoms with Gasteiger partial charge in [0.1, 0.15) is 6.10 Å². The fourth-order valence-corrected chi connectivity index (χ4v) is 7.36. The number of carbonyl (C=O) groups excluding carboxylic acids is 1. The van der Waals surface area contributed by atoms with E-state index in [1.165, 1.54) is 218 Å². The van der Waals surface area contributed by atoms with Gasteiger partial charge in [-0.15, -0.1) is 0 Å². The molecule has 0 saturated carbocycles. The van der Waals surface area contributed by atoms with E-state index in [0.717, 1.165) is 25.7 Å². The number of ether oxygens (including phenoxy) is 2. The first-order chi connectivity index (χ1) is 26.7. The maximum atomic E-state index is 12.2. The summed E-state index contributed by atoms with van der Waals surface area (Å²) in [5.74, 6) is -0.198. The van der Waals surface area contributed by atoms with Crippen molar-refractivity contribution in [1.82, 2.24) is 0 Å². The van der Waals surface area contributed by atoms with Crippen molar-refractivity contribution in [3.63, 3.8) is 0 Å². The lowest BCUT2D eigenvalue weighted by atomic mass is 10.0. The van der Waals surface area contributed by atoms with Crippen LogP contribution in [0, 0.1) is 0 Å². The number of allylic oxidation sites excluding steroid dienone is 4. The summed E-state index contributed by atoms with van der Waals surface area (Å²) in [6, 6.07) is 0. The number of unbranched alkanes of at least 4 members (excludes halogenated alkanes) is 34. The highest BCUT2D eigenvalue weighted by atomic mass is 16.6. The van der Waals surface area contributed by atoms with Crippen molar-refractivity contribution in [1.29, 1.82) is 0 Å². The molecule has 0 aromatic rings. The van der Waals surface area contributed by atoms with Gasteiger partial charge in [-0.2, -0.15) is 0 Å². The van der Waals surface area contributed by atoms with Gasteiger partial charge in [0.2, 0.25) is 0 Å². The zero-order chi connectivity index (χ0) is 39.1. The molecule has 320 valence electrons. The van der Waals surface area contributed by atoms with E-state index in [9.17, 15) is 9.90 Å². The maximum absolute atomic E-state index is 12.2. The Bertz CT molecular complexity index is 762. The van der Waals surface area contributed by atoms with Crippen LogP contribution in [0.3, 0.4) is 0 Å². The molecule has 0 aromatic heterocycles. The molecule has 54 heavy (non-hydrogen) atoms. The molecule has 0 radical (unpaired) electrons. The van der Waals surface area contributed by atoms with E-state index in [1.807, 2.05) is 0 Å². The van der Waals surface area contributed by atoms with Gasteiger partial charge < -0.3 is 14.6 Å². The average molecular weight is 761 g/mol. The summed E-state index contributed by atoms with van der Waals surface area (Å²) in [6.45, 7) is 5.35. The Morgan fingerprint density at radius 1 is 0.444 bits per heavy atom. The highest BCUT2D eigenvalue weighted by Gasteiger charge is 2.13. The zero-order valence-corrected chi connectivity index (χ0v) is 36.8. The number of hydrogen-bond acceptors (Lipinski definition) is 4. The minimum Gasteiger partial charge on any atom is -0.457 e. The van der Waals surface area contributed by atoms with Crippen LogP contribution >= 0.6 is 0 Å². The standard InChI is InChI=1S/C50H96O4/c1-3-5-7-9-11-13-15-17-19-21-22-23-24-25-26-27-28-29-31-33-35-37-39-41-43-45-50(52)54-49(47-51)48-53-46-44-42-40-38-36-34-32-30-20-18-16-14-12-10-8-6-4-2/h14,16,20,30,49,51H,3-13,15,17-19,21-29,31-48H2,1-2H3/b16-14-,30-20-. The fourth-order valence-electron chi connectivity index (χ4n) is 7.36. The molecular weight excluding hydrogens is 665 g/mol. The van der Waals surface area contributed by atoms with Crippen molar-refractivity contribution < 1.29 is 19.4 Å². The van der Waals surface area contributed by atoms with Gasteiger partial charge in [-0.05, 0) is 44.9 Å². The Hall–Kier alpha value is -1.13. The highest BCUT2D eigenvalue weighted by molar-refractivity contribution is 5.69. The van der Waals surface area contributed by atoms with E-state index >= 15 is 0 Å². The molecule has 0 saturated heterocycles. The second-order valence-corrected chi connectivity index (χ2v) is 16.5. The lowest BCUT2D eigenvalue weighted by Crippen LogP contribution is -2.27. The number of aliphatic hydroxyl groups is 1. The summed E-state index contributed by atoms with van der Waals surface area (Å²) in [7, 11) is 0. The van der Waals surface area contributed by atoms with Gasteiger partial charge in [-0.25, -0.2) is 0 Å². The van der Waals surface area contributed by atoms with Crippen molar-refractivity contribution in [3.8, 4) is 0 Å². The first kappa shape index (κ1) is 52.9. The average Bonchev–Trinajstić information content (AvgIpc) is 3.18. The summed E-state index contributed by atoms with van der Waals surface area (Å²) < 4.78 is 11.2. The topological polar surface area (TPSA) is 55.8 Å². The van der Waals surface area contributed by atoms with E-state index in [2.05, 4.69) is 38.2 Å². The fraction of sp³-hybridized carbons (Fsp3) is 0.900. The summed E-state index contributed by atoms with van der Waals surface area (Å²) in [5, 5.41) is 9.63. The van der Waals surface area contributed by atoms with Crippen LogP contribution < -0.4 is 0 Å². The van der Waals surface area contributed by atoms with Gasteiger partial charge in [0.05, 0.1) is 13.2 Å². The lowest BCUT2D eigenvalue weighted by molar-refractivity contribution is -0.154. The van der Waals surface area contributed by atoms with Crippen molar-refractivity contribution in [3.05, 3.63) is 24.3 Å². The molecule has 4 heteroatoms. The zero-order valence-electron chi connectivity index (χ0n) is 36.8. The van der Waals surface area contributed by atoms with Crippen molar-refractivity contribution in [2.45, 2.75) is 270 Å². The summed E-state index contributed by atoms with van der Waals surface area (Å²) in [4.78, 5) is 12.2. The molecular formula is C50H96O4. The first-order valence-corrected chi connectivity index (χ1v) is 24.4. The number of aliphatic hydroxyl groups excluding tert-OH is 1. The summed E-state index contributed by atoms with van der Waals surface area (Å²) in [5.41, 5.74) is 0. The second-order valence-electron chi connectivity index (χ2n) is 16.5. The van der Waals surface area contributed by atoms with Gasteiger partial charge in [-0.1, -0.05) is 237 Å². The lowest BCUT2D eigenvalue weighted by Gasteiger charge is -2.15. The third kappa shape index (κ3) is 45.3. The molecule has 0 aromatic carbocycles. The smallest absolute Gasteiger partial charge is 0.306 e. The third-order valence-electron chi connectivity index (χ3n) is 11.0. The van der Waals surface area contributed by atoms with Crippen LogP contribution in [0.5, 0.6) is 0 Å². The number of rotatable bonds is 46. The van der Waals surface area contributed by atoms with Crippen LogP contribution in [0.25, 0.3) is 0 Å². The molecule has 0 rings (SSSR count). The first-order valence-electron chi connectivity index (χ1n) is 24.4. The van der Waals surface area contributed by atoms with Crippen LogP contribution in [0.2, 0.25) is 0 Å².